The lowest BCUT2D eigenvalue weighted by Gasteiger charge is -2.37. The van der Waals surface area contributed by atoms with Crippen LogP contribution in [0, 0.1) is 12.8 Å². The van der Waals surface area contributed by atoms with Crippen molar-refractivity contribution in [2.75, 3.05) is 19.8 Å². The van der Waals surface area contributed by atoms with E-state index in [0.29, 0.717) is 0 Å². The van der Waals surface area contributed by atoms with Crippen LogP contribution in [0.1, 0.15) is 60.2 Å². The van der Waals surface area contributed by atoms with Gasteiger partial charge in [-0.1, -0.05) is 56.3 Å². The van der Waals surface area contributed by atoms with Crippen LogP contribution in [-0.2, 0) is 13.0 Å². The molecule has 1 aliphatic heterocycles. The molecule has 1 saturated heterocycles. The summed E-state index contributed by atoms with van der Waals surface area (Å²) in [7, 11) is 0. The molecule has 0 bridgehead atoms. The minimum Gasteiger partial charge on any atom is -0.357 e. The maximum atomic E-state index is 12.9. The topological polar surface area (TPSA) is 47.7 Å². The molecule has 4 nitrogen and oxygen atoms in total. The summed E-state index contributed by atoms with van der Waals surface area (Å²) in [5.74, 6) is 0.205. The van der Waals surface area contributed by atoms with E-state index in [0.717, 1.165) is 50.1 Å². The Kier molecular flexibility index (Phi) is 7.89. The Bertz CT molecular complexity index is 1670. The van der Waals surface area contributed by atoms with Gasteiger partial charge in [-0.3, -0.25) is 14.4 Å². The molecule has 5 aromatic rings. The van der Waals surface area contributed by atoms with Crippen molar-refractivity contribution in [3.8, 4) is 11.3 Å². The molecule has 0 saturated carbocycles. The quantitative estimate of drug-likeness (QED) is 0.224. The van der Waals surface area contributed by atoms with Crippen molar-refractivity contribution >= 4 is 22.0 Å². The minimum absolute atomic E-state index is 0.205. The average Bonchev–Trinajstić information content (AvgIpc) is 3.62. The number of halogens is 1. The Morgan fingerprint density at radius 3 is 2.51 bits per heavy atom. The van der Waals surface area contributed by atoms with E-state index < -0.39 is 0 Å². The Morgan fingerprint density at radius 1 is 0.902 bits per heavy atom. The molecule has 3 aromatic carbocycles. The van der Waals surface area contributed by atoms with Gasteiger partial charge in [0, 0.05) is 48.3 Å². The normalized spacial score (nSPS) is 15.7. The number of nitrogens with zero attached hydrogens (tertiary/aromatic N) is 2. The first-order chi connectivity index (χ1) is 20.2. The van der Waals surface area contributed by atoms with Gasteiger partial charge >= 0.3 is 0 Å². The van der Waals surface area contributed by atoms with Gasteiger partial charge in [0.15, 0.2) is 0 Å². The number of hydrogen-bond donors (Lipinski definition) is 2. The van der Waals surface area contributed by atoms with Crippen molar-refractivity contribution in [1.29, 1.82) is 0 Å². The van der Waals surface area contributed by atoms with Gasteiger partial charge in [-0.05, 0) is 101 Å². The van der Waals surface area contributed by atoms with Crippen LogP contribution in [0.15, 0.2) is 79.0 Å². The zero-order chi connectivity index (χ0) is 28.3. The maximum absolute atomic E-state index is 12.9. The monoisotopic (exact) mass is 546 g/mol. The van der Waals surface area contributed by atoms with Gasteiger partial charge in [0.25, 0.3) is 0 Å². The number of rotatable bonds is 6. The predicted molar refractivity (Wildman–Crippen MR) is 168 cm³/mol. The van der Waals surface area contributed by atoms with E-state index in [-0.39, 0.29) is 12.6 Å². The Morgan fingerprint density at radius 2 is 1.73 bits per heavy atom. The van der Waals surface area contributed by atoms with Crippen molar-refractivity contribution < 1.29 is 4.39 Å². The fraction of sp³-hybridized carbons (Fsp3) is 0.306. The predicted octanol–water partition coefficient (Wildman–Crippen LogP) is 8.59. The van der Waals surface area contributed by atoms with Gasteiger partial charge < -0.3 is 4.98 Å². The molecule has 0 radical (unpaired) electrons. The van der Waals surface area contributed by atoms with Gasteiger partial charge in [0.05, 0.1) is 12.4 Å². The van der Waals surface area contributed by atoms with E-state index in [1.807, 2.05) is 26.1 Å². The molecule has 0 atom stereocenters. The molecule has 1 aliphatic carbocycles. The first-order valence-electron chi connectivity index (χ1n) is 15.0. The molecular weight excluding hydrogens is 507 g/mol. The minimum atomic E-state index is -0.213. The third kappa shape index (κ3) is 5.39. The highest BCUT2D eigenvalue weighted by atomic mass is 19.1. The van der Waals surface area contributed by atoms with E-state index in [1.165, 1.54) is 55.6 Å². The highest BCUT2D eigenvalue weighted by molar-refractivity contribution is 6.02. The van der Waals surface area contributed by atoms with Crippen molar-refractivity contribution in [3.63, 3.8) is 0 Å². The smallest absolute Gasteiger partial charge is 0.0947 e. The molecule has 2 aliphatic rings. The number of benzene rings is 3. The highest BCUT2D eigenvalue weighted by Gasteiger charge is 2.27. The van der Waals surface area contributed by atoms with Crippen LogP contribution in [0.5, 0.6) is 0 Å². The second kappa shape index (κ2) is 11.9. The summed E-state index contributed by atoms with van der Waals surface area (Å²) in [6.07, 6.45) is 5.00. The number of aromatic nitrogens is 3. The first-order valence-corrected chi connectivity index (χ1v) is 15.0. The SMILES string of the molecule is CC.Cc1ccccc1C1=C(c2ccc3[nH]c(CN4CC(CF)C4)cc3c2)c2ccc(-c3ccn[nH]3)cc2CCC1. The summed E-state index contributed by atoms with van der Waals surface area (Å²) in [5.41, 5.74) is 13.9. The summed E-state index contributed by atoms with van der Waals surface area (Å²) in [5, 5.41) is 8.51. The second-order valence-electron chi connectivity index (χ2n) is 11.2. The number of aromatic amines is 2. The fourth-order valence-electron chi connectivity index (χ4n) is 6.46. The number of allylic oxidation sites excluding steroid dienone is 1. The van der Waals surface area contributed by atoms with Crippen LogP contribution in [0.3, 0.4) is 0 Å². The molecule has 2 aromatic heterocycles. The van der Waals surface area contributed by atoms with Crippen molar-refractivity contribution in [2.45, 2.75) is 46.6 Å². The largest absolute Gasteiger partial charge is 0.357 e. The zero-order valence-corrected chi connectivity index (χ0v) is 24.3. The second-order valence-corrected chi connectivity index (χ2v) is 11.2. The number of aryl methyl sites for hydroxylation is 2. The molecule has 0 amide bonds. The van der Waals surface area contributed by atoms with Crippen molar-refractivity contribution in [1.82, 2.24) is 20.1 Å². The van der Waals surface area contributed by atoms with E-state index in [2.05, 4.69) is 93.7 Å². The van der Waals surface area contributed by atoms with Gasteiger partial charge in [-0.2, -0.15) is 5.10 Å². The van der Waals surface area contributed by atoms with Crippen LogP contribution in [0.4, 0.5) is 4.39 Å². The Hall–Kier alpha value is -3.96. The third-order valence-electron chi connectivity index (χ3n) is 8.44. The molecule has 0 unspecified atom stereocenters. The molecule has 0 spiro atoms. The van der Waals surface area contributed by atoms with Gasteiger partial charge in [-0.15, -0.1) is 0 Å². The standard InChI is InChI=1S/C34H33FN4.C2H6/c1-22-5-2-3-7-29(22)31-8-4-6-24-15-25(33-13-14-36-38-33)9-11-30(24)34(31)26-10-12-32-27(16-26)17-28(37-32)21-39-19-23(18-35)20-39;1-2/h2-3,5,7,9-17,23,37H,4,6,8,18-21H2,1H3,(H,36,38);1-2H3. The van der Waals surface area contributed by atoms with Crippen LogP contribution in [-0.4, -0.2) is 39.8 Å². The number of nitrogens with one attached hydrogen (secondary N) is 2. The summed E-state index contributed by atoms with van der Waals surface area (Å²) in [6, 6.07) is 26.8. The maximum Gasteiger partial charge on any atom is 0.0947 e. The van der Waals surface area contributed by atoms with E-state index >= 15 is 0 Å². The summed E-state index contributed by atoms with van der Waals surface area (Å²) < 4.78 is 12.9. The Balaban J connectivity index is 0.00000148. The van der Waals surface area contributed by atoms with Crippen LogP contribution in [0.2, 0.25) is 0 Å². The van der Waals surface area contributed by atoms with Gasteiger partial charge in [-0.25, -0.2) is 0 Å². The molecular formula is C36H39FN4. The van der Waals surface area contributed by atoms with Crippen molar-refractivity contribution in [2.24, 2.45) is 5.92 Å². The zero-order valence-electron chi connectivity index (χ0n) is 24.3. The van der Waals surface area contributed by atoms with E-state index in [9.17, 15) is 4.39 Å². The summed E-state index contributed by atoms with van der Waals surface area (Å²) >= 11 is 0. The van der Waals surface area contributed by atoms with Gasteiger partial charge in [0.2, 0.25) is 0 Å². The van der Waals surface area contributed by atoms with Crippen molar-refractivity contribution in [3.05, 3.63) is 113 Å². The number of H-pyrrole nitrogens is 2. The number of alkyl halides is 1. The fourth-order valence-corrected chi connectivity index (χ4v) is 6.46. The molecule has 1 fully saturated rings. The van der Waals surface area contributed by atoms with Gasteiger partial charge in [0.1, 0.15) is 0 Å². The van der Waals surface area contributed by atoms with E-state index in [1.54, 1.807) is 0 Å². The van der Waals surface area contributed by atoms with Crippen LogP contribution in [0.25, 0.3) is 33.3 Å². The van der Waals surface area contributed by atoms with Crippen LogP contribution >= 0.6 is 0 Å². The molecule has 2 N–H and O–H groups in total. The summed E-state index contributed by atoms with van der Waals surface area (Å²) in [4.78, 5) is 5.92. The van der Waals surface area contributed by atoms with Crippen LogP contribution < -0.4 is 0 Å². The average molecular weight is 547 g/mol. The number of fused-ring (bicyclic) bond motifs is 2. The Labute approximate surface area is 242 Å². The molecule has 3 heterocycles. The highest BCUT2D eigenvalue weighted by Crippen LogP contribution is 2.42. The third-order valence-corrected chi connectivity index (χ3v) is 8.44. The lowest BCUT2D eigenvalue weighted by Crippen LogP contribution is -2.46. The molecule has 7 rings (SSSR count). The first kappa shape index (κ1) is 27.2. The lowest BCUT2D eigenvalue weighted by molar-refractivity contribution is 0.0728. The molecule has 5 heteroatoms. The molecule has 210 valence electrons. The number of likely N-dealkylation sites (tertiary alicyclic amines) is 1. The number of hydrogen-bond acceptors (Lipinski definition) is 2. The lowest BCUT2D eigenvalue weighted by atomic mass is 9.85. The summed E-state index contributed by atoms with van der Waals surface area (Å²) in [6.45, 7) is 8.55. The van der Waals surface area contributed by atoms with E-state index in [4.69, 9.17) is 0 Å². The molecule has 41 heavy (non-hydrogen) atoms.